The Balaban J connectivity index is 1.41. The Hall–Kier alpha value is -1.67. The van der Waals surface area contributed by atoms with E-state index < -0.39 is 29.6 Å². The number of imide groups is 2. The molecule has 0 unspecified atom stereocenters. The van der Waals surface area contributed by atoms with Gasteiger partial charge in [0.2, 0.25) is 0 Å². The second-order valence-electron chi connectivity index (χ2n) is 6.02. The van der Waals surface area contributed by atoms with Crippen molar-refractivity contribution in [3.05, 3.63) is 8.96 Å². The number of carbonyl (C=O) groups is 5. The number of amides is 4. The molecule has 0 aliphatic carbocycles. The van der Waals surface area contributed by atoms with Gasteiger partial charge in [-0.2, -0.15) is 0 Å². The summed E-state index contributed by atoms with van der Waals surface area (Å²) >= 11 is 6.09. The minimum absolute atomic E-state index is 0.0466. The number of rotatable bonds is 13. The molecular formula is C17H20Br2N2O9. The van der Waals surface area contributed by atoms with Crippen molar-refractivity contribution in [2.75, 3.05) is 46.2 Å². The van der Waals surface area contributed by atoms with Crippen molar-refractivity contribution in [3.63, 3.8) is 0 Å². The number of hydroxylamine groups is 2. The molecule has 0 aromatic rings. The van der Waals surface area contributed by atoms with Gasteiger partial charge in [0, 0.05) is 12.8 Å². The van der Waals surface area contributed by atoms with Gasteiger partial charge in [-0.3, -0.25) is 24.1 Å². The summed E-state index contributed by atoms with van der Waals surface area (Å²) in [7, 11) is 0. The fourth-order valence-corrected chi connectivity index (χ4v) is 3.15. The third kappa shape index (κ3) is 6.94. The Labute approximate surface area is 188 Å². The summed E-state index contributed by atoms with van der Waals surface area (Å²) in [5.41, 5.74) is 0. The van der Waals surface area contributed by atoms with Crippen LogP contribution in [0.15, 0.2) is 8.96 Å². The number of nitrogens with zero attached hydrogens (tertiary/aromatic N) is 2. The van der Waals surface area contributed by atoms with Crippen molar-refractivity contribution in [1.29, 1.82) is 0 Å². The van der Waals surface area contributed by atoms with Gasteiger partial charge in [0.1, 0.15) is 8.96 Å². The summed E-state index contributed by atoms with van der Waals surface area (Å²) in [4.78, 5) is 63.5. The first-order chi connectivity index (χ1) is 14.3. The maximum Gasteiger partial charge on any atom is 0.335 e. The van der Waals surface area contributed by atoms with Crippen LogP contribution in [0.25, 0.3) is 0 Å². The van der Waals surface area contributed by atoms with Gasteiger partial charge >= 0.3 is 5.97 Å². The number of carbonyl (C=O) groups excluding carboxylic acids is 5. The lowest BCUT2D eigenvalue weighted by Crippen LogP contribution is -2.34. The van der Waals surface area contributed by atoms with Crippen LogP contribution < -0.4 is 0 Å². The van der Waals surface area contributed by atoms with E-state index >= 15 is 0 Å². The zero-order chi connectivity index (χ0) is 22.1. The van der Waals surface area contributed by atoms with E-state index in [4.69, 9.17) is 19.0 Å². The Bertz CT molecular complexity index is 701. The van der Waals surface area contributed by atoms with Crippen molar-refractivity contribution >= 4 is 61.5 Å². The summed E-state index contributed by atoms with van der Waals surface area (Å²) in [6, 6.07) is 0. The van der Waals surface area contributed by atoms with Crippen LogP contribution in [0.3, 0.4) is 0 Å². The molecule has 2 aliphatic heterocycles. The summed E-state index contributed by atoms with van der Waals surface area (Å²) in [6.07, 6.45) is -0.00885. The van der Waals surface area contributed by atoms with E-state index in [0.29, 0.717) is 5.06 Å². The highest BCUT2D eigenvalue weighted by atomic mass is 79.9. The Morgan fingerprint density at radius 2 is 1.23 bits per heavy atom. The molecule has 2 rings (SSSR count). The Morgan fingerprint density at radius 1 is 0.767 bits per heavy atom. The first-order valence-electron chi connectivity index (χ1n) is 9.04. The molecule has 0 N–H and O–H groups in total. The molecule has 2 heterocycles. The normalized spacial score (nSPS) is 17.0. The standard InChI is InChI=1S/C17H20Br2N2O9/c18-14-15(19)17(26)20(16(14)25)4-6-28-8-10-29-9-7-27-5-3-13(24)30-21-11(22)1-2-12(21)23/h1-10H2. The van der Waals surface area contributed by atoms with Crippen molar-refractivity contribution in [1.82, 2.24) is 9.96 Å². The molecule has 1 fully saturated rings. The Morgan fingerprint density at radius 3 is 1.77 bits per heavy atom. The predicted molar refractivity (Wildman–Crippen MR) is 106 cm³/mol. The zero-order valence-corrected chi connectivity index (χ0v) is 19.1. The molecule has 0 aromatic heterocycles. The molecule has 4 amide bonds. The molecule has 30 heavy (non-hydrogen) atoms. The first-order valence-corrected chi connectivity index (χ1v) is 10.6. The summed E-state index contributed by atoms with van der Waals surface area (Å²) < 4.78 is 16.2. The smallest absolute Gasteiger partial charge is 0.335 e. The SMILES string of the molecule is O=C(CCOCCOCCOCCN1C(=O)C(Br)=C(Br)C1=O)ON1C(=O)CCC1=O. The molecule has 11 nitrogen and oxygen atoms in total. The van der Waals surface area contributed by atoms with E-state index in [9.17, 15) is 24.0 Å². The molecule has 0 bridgehead atoms. The highest BCUT2D eigenvalue weighted by Crippen LogP contribution is 2.29. The van der Waals surface area contributed by atoms with Gasteiger partial charge in [-0.25, -0.2) is 4.79 Å². The molecule has 0 atom stereocenters. The van der Waals surface area contributed by atoms with Gasteiger partial charge in [0.05, 0.1) is 52.6 Å². The second-order valence-corrected chi connectivity index (χ2v) is 7.61. The molecule has 13 heteroatoms. The van der Waals surface area contributed by atoms with Crippen LogP contribution in [0.1, 0.15) is 19.3 Å². The van der Waals surface area contributed by atoms with Crippen LogP contribution in [0.4, 0.5) is 0 Å². The topological polar surface area (TPSA) is 129 Å². The number of ether oxygens (including phenoxy) is 3. The quantitative estimate of drug-likeness (QED) is 0.234. The molecule has 1 saturated heterocycles. The fraction of sp³-hybridized carbons (Fsp3) is 0.588. The first kappa shape index (κ1) is 24.6. The van der Waals surface area contributed by atoms with Crippen LogP contribution >= 0.6 is 31.9 Å². The van der Waals surface area contributed by atoms with Crippen LogP contribution in [-0.2, 0) is 43.0 Å². The lowest BCUT2D eigenvalue weighted by Gasteiger charge is -2.14. The van der Waals surface area contributed by atoms with Gasteiger partial charge in [-0.1, -0.05) is 0 Å². The van der Waals surface area contributed by atoms with E-state index in [1.54, 1.807) is 0 Å². The largest absolute Gasteiger partial charge is 0.378 e. The van der Waals surface area contributed by atoms with Crippen molar-refractivity contribution in [2.24, 2.45) is 0 Å². The predicted octanol–water partition coefficient (Wildman–Crippen LogP) is 0.404. The van der Waals surface area contributed by atoms with Gasteiger partial charge in [-0.05, 0) is 31.9 Å². The minimum atomic E-state index is -0.725. The maximum atomic E-state index is 11.8. The van der Waals surface area contributed by atoms with E-state index in [2.05, 4.69) is 31.9 Å². The van der Waals surface area contributed by atoms with Crippen molar-refractivity contribution in [3.8, 4) is 0 Å². The maximum absolute atomic E-state index is 11.8. The highest BCUT2D eigenvalue weighted by molar-refractivity contribution is 9.14. The lowest BCUT2D eigenvalue weighted by molar-refractivity contribution is -0.198. The number of hydrogen-bond donors (Lipinski definition) is 0. The van der Waals surface area contributed by atoms with E-state index in [0.717, 1.165) is 4.90 Å². The minimum Gasteiger partial charge on any atom is -0.378 e. The highest BCUT2D eigenvalue weighted by Gasteiger charge is 2.35. The Kier molecular flexibility index (Phi) is 10.0. The summed E-state index contributed by atoms with van der Waals surface area (Å²) in [6.45, 7) is 1.45. The lowest BCUT2D eigenvalue weighted by atomic mass is 10.4. The van der Waals surface area contributed by atoms with Gasteiger partial charge in [0.25, 0.3) is 23.6 Å². The summed E-state index contributed by atoms with van der Waals surface area (Å²) in [5, 5.41) is 0.495. The number of hydrogen-bond acceptors (Lipinski definition) is 9. The summed E-state index contributed by atoms with van der Waals surface area (Å²) in [5.74, 6) is -2.60. The molecular weight excluding hydrogens is 536 g/mol. The van der Waals surface area contributed by atoms with Crippen LogP contribution in [0.5, 0.6) is 0 Å². The fourth-order valence-electron chi connectivity index (χ4n) is 2.38. The third-order valence-corrected chi connectivity index (χ3v) is 5.91. The molecule has 0 radical (unpaired) electrons. The average molecular weight is 556 g/mol. The molecule has 0 saturated carbocycles. The van der Waals surface area contributed by atoms with Gasteiger partial charge in [0.15, 0.2) is 0 Å². The molecule has 0 spiro atoms. The molecule has 2 aliphatic rings. The van der Waals surface area contributed by atoms with Crippen molar-refractivity contribution < 1.29 is 43.0 Å². The van der Waals surface area contributed by atoms with Crippen molar-refractivity contribution in [2.45, 2.75) is 19.3 Å². The van der Waals surface area contributed by atoms with Crippen LogP contribution in [0, 0.1) is 0 Å². The molecule has 0 aromatic carbocycles. The van der Waals surface area contributed by atoms with E-state index in [1.165, 1.54) is 0 Å². The van der Waals surface area contributed by atoms with E-state index in [-0.39, 0.29) is 74.4 Å². The monoisotopic (exact) mass is 554 g/mol. The van der Waals surface area contributed by atoms with Gasteiger partial charge < -0.3 is 19.0 Å². The van der Waals surface area contributed by atoms with E-state index in [1.807, 2.05) is 0 Å². The number of halogens is 2. The molecule has 166 valence electrons. The average Bonchev–Trinajstić information content (AvgIpc) is 3.12. The van der Waals surface area contributed by atoms with Crippen LogP contribution in [0.2, 0.25) is 0 Å². The zero-order valence-electron chi connectivity index (χ0n) is 15.9. The van der Waals surface area contributed by atoms with Gasteiger partial charge in [-0.15, -0.1) is 5.06 Å². The second kappa shape index (κ2) is 12.2. The van der Waals surface area contributed by atoms with Crippen LogP contribution in [-0.4, -0.2) is 85.7 Å². The third-order valence-electron chi connectivity index (χ3n) is 3.91.